The van der Waals surface area contributed by atoms with E-state index in [0.717, 1.165) is 5.69 Å². The fourth-order valence-corrected chi connectivity index (χ4v) is 1.10. The standard InChI is InChI=1S/C7H11N3OS.ClH/c8-6(7(11)3-12)1-5-2-9-4-10-5;/h2,4,6,12H,1,3,8H2,(H,9,10);1H/t6-;/m0./s1. The molecule has 1 aromatic rings. The molecule has 0 amide bonds. The van der Waals surface area contributed by atoms with Crippen molar-refractivity contribution in [3.63, 3.8) is 0 Å². The summed E-state index contributed by atoms with van der Waals surface area (Å²) < 4.78 is 0. The smallest absolute Gasteiger partial charge is 0.159 e. The summed E-state index contributed by atoms with van der Waals surface area (Å²) >= 11 is 3.85. The van der Waals surface area contributed by atoms with Crippen LogP contribution in [0.2, 0.25) is 0 Å². The Morgan fingerprint density at radius 3 is 2.92 bits per heavy atom. The van der Waals surface area contributed by atoms with Gasteiger partial charge in [0.1, 0.15) is 0 Å². The number of H-pyrrole nitrogens is 1. The molecular formula is C7H12ClN3OS. The number of nitrogens with two attached hydrogens (primary N) is 1. The Balaban J connectivity index is 0.00000144. The summed E-state index contributed by atoms with van der Waals surface area (Å²) in [4.78, 5) is 17.7. The summed E-state index contributed by atoms with van der Waals surface area (Å²) in [6.07, 6.45) is 3.72. The third-order valence-corrected chi connectivity index (χ3v) is 1.88. The molecule has 4 nitrogen and oxygen atoms in total. The van der Waals surface area contributed by atoms with Crippen LogP contribution in [0.5, 0.6) is 0 Å². The SMILES string of the molecule is Cl.N[C@@H](Cc1cnc[nH]1)C(=O)CS. The zero-order valence-electron chi connectivity index (χ0n) is 6.93. The maximum Gasteiger partial charge on any atom is 0.159 e. The highest BCUT2D eigenvalue weighted by Gasteiger charge is 2.12. The van der Waals surface area contributed by atoms with Crippen LogP contribution in [-0.2, 0) is 11.2 Å². The normalized spacial score (nSPS) is 11.8. The van der Waals surface area contributed by atoms with Gasteiger partial charge in [-0.2, -0.15) is 12.6 Å². The number of nitrogens with zero attached hydrogens (tertiary/aromatic N) is 1. The van der Waals surface area contributed by atoms with Gasteiger partial charge in [-0.3, -0.25) is 4.79 Å². The first-order chi connectivity index (χ1) is 5.74. The van der Waals surface area contributed by atoms with Gasteiger partial charge in [-0.15, -0.1) is 12.4 Å². The van der Waals surface area contributed by atoms with E-state index in [9.17, 15) is 4.79 Å². The second kappa shape index (κ2) is 6.01. The third-order valence-electron chi connectivity index (χ3n) is 1.56. The molecule has 0 aliphatic heterocycles. The highest BCUT2D eigenvalue weighted by atomic mass is 35.5. The predicted octanol–water partition coefficient (Wildman–Crippen LogP) is 0.200. The maximum absolute atomic E-state index is 11.0. The van der Waals surface area contributed by atoms with Gasteiger partial charge in [0, 0.05) is 18.3 Å². The number of imidazole rings is 1. The molecule has 3 N–H and O–H groups in total. The van der Waals surface area contributed by atoms with Crippen molar-refractivity contribution in [2.45, 2.75) is 12.5 Å². The van der Waals surface area contributed by atoms with E-state index in [-0.39, 0.29) is 23.9 Å². The summed E-state index contributed by atoms with van der Waals surface area (Å²) in [5, 5.41) is 0. The van der Waals surface area contributed by atoms with Crippen LogP contribution in [0.3, 0.4) is 0 Å². The summed E-state index contributed by atoms with van der Waals surface area (Å²) in [7, 11) is 0. The number of aromatic amines is 1. The molecule has 1 heterocycles. The number of nitrogens with one attached hydrogen (secondary N) is 1. The van der Waals surface area contributed by atoms with Crippen LogP contribution < -0.4 is 5.73 Å². The average Bonchev–Trinajstić information content (AvgIpc) is 2.55. The molecule has 0 aliphatic carbocycles. The maximum atomic E-state index is 11.0. The molecule has 0 unspecified atom stereocenters. The first-order valence-electron chi connectivity index (χ1n) is 3.60. The Kier molecular flexibility index (Phi) is 5.77. The summed E-state index contributed by atoms with van der Waals surface area (Å²) in [6, 6.07) is -0.469. The fourth-order valence-electron chi connectivity index (χ4n) is 0.864. The van der Waals surface area contributed by atoms with E-state index in [2.05, 4.69) is 22.6 Å². The molecule has 0 spiro atoms. The van der Waals surface area contributed by atoms with Gasteiger partial charge >= 0.3 is 0 Å². The van der Waals surface area contributed by atoms with Crippen molar-refractivity contribution < 1.29 is 4.79 Å². The van der Waals surface area contributed by atoms with E-state index in [1.165, 1.54) is 0 Å². The number of Topliss-reactive ketones (excluding diaryl/α,β-unsaturated/α-hetero) is 1. The number of carbonyl (C=O) groups is 1. The predicted molar refractivity (Wildman–Crippen MR) is 56.4 cm³/mol. The third kappa shape index (κ3) is 3.80. The monoisotopic (exact) mass is 221 g/mol. The Hall–Kier alpha value is -0.520. The zero-order chi connectivity index (χ0) is 8.97. The lowest BCUT2D eigenvalue weighted by molar-refractivity contribution is -0.117. The molecule has 0 fully saturated rings. The number of hydrogen-bond donors (Lipinski definition) is 3. The largest absolute Gasteiger partial charge is 0.348 e. The first kappa shape index (κ1) is 12.5. The molecule has 1 aromatic heterocycles. The zero-order valence-corrected chi connectivity index (χ0v) is 8.65. The summed E-state index contributed by atoms with van der Waals surface area (Å²) in [5.74, 6) is 0.142. The van der Waals surface area contributed by atoms with Crippen LogP contribution in [0.4, 0.5) is 0 Å². The molecule has 13 heavy (non-hydrogen) atoms. The lowest BCUT2D eigenvalue weighted by atomic mass is 10.1. The molecule has 74 valence electrons. The second-order valence-electron chi connectivity index (χ2n) is 2.51. The molecule has 1 rings (SSSR count). The molecule has 0 saturated carbocycles. The Morgan fingerprint density at radius 1 is 1.77 bits per heavy atom. The van der Waals surface area contributed by atoms with E-state index in [0.29, 0.717) is 6.42 Å². The quantitative estimate of drug-likeness (QED) is 0.637. The van der Waals surface area contributed by atoms with Crippen molar-refractivity contribution >= 4 is 30.8 Å². The highest BCUT2D eigenvalue weighted by molar-refractivity contribution is 7.81. The van der Waals surface area contributed by atoms with Crippen LogP contribution in [0.15, 0.2) is 12.5 Å². The second-order valence-corrected chi connectivity index (χ2v) is 2.83. The first-order valence-corrected chi connectivity index (χ1v) is 4.23. The van der Waals surface area contributed by atoms with Crippen LogP contribution >= 0.6 is 25.0 Å². The summed E-state index contributed by atoms with van der Waals surface area (Å²) in [5.41, 5.74) is 6.45. The van der Waals surface area contributed by atoms with Crippen molar-refractivity contribution in [3.8, 4) is 0 Å². The molecule has 0 saturated heterocycles. The number of thiol groups is 1. The van der Waals surface area contributed by atoms with Crippen LogP contribution in [0.1, 0.15) is 5.69 Å². The van der Waals surface area contributed by atoms with E-state index >= 15 is 0 Å². The lowest BCUT2D eigenvalue weighted by Gasteiger charge is -2.05. The van der Waals surface area contributed by atoms with Crippen molar-refractivity contribution in [2.75, 3.05) is 5.75 Å². The van der Waals surface area contributed by atoms with E-state index in [1.807, 2.05) is 0 Å². The van der Waals surface area contributed by atoms with Gasteiger partial charge in [-0.1, -0.05) is 0 Å². The van der Waals surface area contributed by atoms with E-state index in [4.69, 9.17) is 5.73 Å². The van der Waals surface area contributed by atoms with Crippen molar-refractivity contribution in [1.29, 1.82) is 0 Å². The number of ketones is 1. The van der Waals surface area contributed by atoms with Crippen molar-refractivity contribution in [3.05, 3.63) is 18.2 Å². The van der Waals surface area contributed by atoms with Gasteiger partial charge in [0.25, 0.3) is 0 Å². The molecule has 1 atom stereocenters. The van der Waals surface area contributed by atoms with Crippen LogP contribution in [-0.4, -0.2) is 27.5 Å². The van der Waals surface area contributed by atoms with E-state index in [1.54, 1.807) is 12.5 Å². The van der Waals surface area contributed by atoms with Gasteiger partial charge in [0.2, 0.25) is 0 Å². The minimum Gasteiger partial charge on any atom is -0.348 e. The minimum absolute atomic E-state index is 0. The van der Waals surface area contributed by atoms with Crippen molar-refractivity contribution in [2.24, 2.45) is 5.73 Å². The van der Waals surface area contributed by atoms with Gasteiger partial charge in [0.05, 0.1) is 18.1 Å². The Morgan fingerprint density at radius 2 is 2.46 bits per heavy atom. The van der Waals surface area contributed by atoms with Crippen molar-refractivity contribution in [1.82, 2.24) is 9.97 Å². The van der Waals surface area contributed by atoms with Crippen LogP contribution in [0, 0.1) is 0 Å². The molecule has 0 radical (unpaired) electrons. The minimum atomic E-state index is -0.469. The number of halogens is 1. The topological polar surface area (TPSA) is 71.8 Å². The van der Waals surface area contributed by atoms with Gasteiger partial charge in [0.15, 0.2) is 5.78 Å². The number of aromatic nitrogens is 2. The Labute approximate surface area is 88.1 Å². The number of rotatable bonds is 4. The molecular weight excluding hydrogens is 210 g/mol. The molecule has 0 aliphatic rings. The number of carbonyl (C=O) groups excluding carboxylic acids is 1. The number of hydrogen-bond acceptors (Lipinski definition) is 4. The van der Waals surface area contributed by atoms with Gasteiger partial charge < -0.3 is 10.7 Å². The summed E-state index contributed by atoms with van der Waals surface area (Å²) in [6.45, 7) is 0. The average molecular weight is 222 g/mol. The van der Waals surface area contributed by atoms with E-state index < -0.39 is 6.04 Å². The van der Waals surface area contributed by atoms with Gasteiger partial charge in [-0.25, -0.2) is 4.98 Å². The Bertz CT molecular complexity index is 252. The van der Waals surface area contributed by atoms with Gasteiger partial charge in [-0.05, 0) is 0 Å². The van der Waals surface area contributed by atoms with Crippen LogP contribution in [0.25, 0.3) is 0 Å². The highest BCUT2D eigenvalue weighted by Crippen LogP contribution is 1.97. The fraction of sp³-hybridized carbons (Fsp3) is 0.429. The lowest BCUT2D eigenvalue weighted by Crippen LogP contribution is -2.33. The molecule has 6 heteroatoms. The molecule has 0 aromatic carbocycles. The molecule has 0 bridgehead atoms.